The fourth-order valence-corrected chi connectivity index (χ4v) is 13.0. The molecule has 112 heavy (non-hydrogen) atoms. The lowest BCUT2D eigenvalue weighted by atomic mass is 9.96. The van der Waals surface area contributed by atoms with Crippen molar-refractivity contribution in [2.75, 3.05) is 26.9 Å². The van der Waals surface area contributed by atoms with Crippen molar-refractivity contribution >= 4 is 41.8 Å². The monoisotopic (exact) mass is 1520 g/mol. The van der Waals surface area contributed by atoms with Crippen LogP contribution in [0.4, 0.5) is 0 Å². The number of carbonyl (C=O) groups is 7. The summed E-state index contributed by atoms with van der Waals surface area (Å²) < 4.78 is 107. The number of ether oxygens (including phenoxy) is 16. The zero-order valence-electron chi connectivity index (χ0n) is 60.7. The molecule has 13 rings (SSSR count). The second-order valence-corrected chi connectivity index (χ2v) is 26.2. The Hall–Kier alpha value is -11.9. The fourth-order valence-electron chi connectivity index (χ4n) is 13.0. The molecule has 3 aliphatic heterocycles. The van der Waals surface area contributed by atoms with Crippen LogP contribution in [0, 0.1) is 0 Å². The lowest BCUT2D eigenvalue weighted by Crippen LogP contribution is -2.65. The number of benzene rings is 10. The second-order valence-electron chi connectivity index (χ2n) is 26.2. The van der Waals surface area contributed by atoms with E-state index in [1.54, 1.807) is 127 Å². The van der Waals surface area contributed by atoms with Crippen LogP contribution < -0.4 is 0 Å². The fraction of sp³-hybridized carbons (Fsp3) is 0.247. The molecule has 10 aromatic rings. The summed E-state index contributed by atoms with van der Waals surface area (Å²) in [6.07, 6.45) is -23.7. The lowest BCUT2D eigenvalue weighted by molar-refractivity contribution is -0.352. The van der Waals surface area contributed by atoms with Gasteiger partial charge in [0, 0.05) is 7.11 Å². The first kappa shape index (κ1) is 78.3. The van der Waals surface area contributed by atoms with E-state index in [9.17, 15) is 33.6 Å². The molecule has 574 valence electrons. The summed E-state index contributed by atoms with van der Waals surface area (Å²) in [7, 11) is 1.29. The van der Waals surface area contributed by atoms with Gasteiger partial charge in [0.2, 0.25) is 0 Å². The van der Waals surface area contributed by atoms with Gasteiger partial charge in [0.1, 0.15) is 43.2 Å². The zero-order chi connectivity index (χ0) is 77.4. The smallest absolute Gasteiger partial charge is 0.338 e. The zero-order valence-corrected chi connectivity index (χ0v) is 60.7. The highest BCUT2D eigenvalue weighted by molar-refractivity contribution is 5.93. The predicted octanol–water partition coefficient (Wildman–Crippen LogP) is 12.8. The molecular formula is C89H80O23. The third-order valence-electron chi connectivity index (χ3n) is 18.6. The number of methoxy groups -OCH3 is 1. The largest absolute Gasteiger partial charge is 0.459 e. The maximum absolute atomic E-state index is 14.8. The van der Waals surface area contributed by atoms with Crippen molar-refractivity contribution in [2.45, 2.75) is 112 Å². The van der Waals surface area contributed by atoms with E-state index >= 15 is 0 Å². The Bertz CT molecular complexity index is 4640. The molecule has 23 heteroatoms. The van der Waals surface area contributed by atoms with Crippen molar-refractivity contribution in [1.82, 2.24) is 0 Å². The molecule has 0 unspecified atom stereocenters. The maximum atomic E-state index is 14.8. The molecule has 23 nitrogen and oxygen atoms in total. The van der Waals surface area contributed by atoms with Crippen molar-refractivity contribution in [3.8, 4) is 0 Å². The molecule has 3 aliphatic rings. The Morgan fingerprint density at radius 1 is 0.232 bits per heavy atom. The van der Waals surface area contributed by atoms with Crippen molar-refractivity contribution in [3.63, 3.8) is 0 Å². The van der Waals surface area contributed by atoms with Gasteiger partial charge in [0.05, 0.1) is 72.0 Å². The molecule has 0 aromatic heterocycles. The third-order valence-corrected chi connectivity index (χ3v) is 18.6. The predicted molar refractivity (Wildman–Crippen MR) is 401 cm³/mol. The molecular weight excluding hydrogens is 1440 g/mol. The van der Waals surface area contributed by atoms with Crippen LogP contribution in [0.3, 0.4) is 0 Å². The molecule has 0 saturated carbocycles. The topological polar surface area (TPSA) is 267 Å². The minimum atomic E-state index is -1.86. The summed E-state index contributed by atoms with van der Waals surface area (Å²) >= 11 is 0. The highest BCUT2D eigenvalue weighted by Crippen LogP contribution is 2.38. The number of rotatable bonds is 31. The average Bonchev–Trinajstić information content (AvgIpc) is 0.777. The van der Waals surface area contributed by atoms with Crippen LogP contribution in [-0.2, 0) is 95.6 Å². The SMILES string of the molecule is CO[C@H]1O[C@H](CO[C@H]2O[C@H](CO[C@@H]3O[C@H](COC(=O)c4ccccc4)[C@@H](OC(=O)c4ccccc4)[C@H](OC(=O)c4ccccc4)[C@H]3OC(=O)c3ccccc3)[C@@H](OCc3ccccc3)[C@H](OCc3ccccc3)[C@@H]2OCc2ccccc2)[C@@H](OC(=O)c2ccccc2)[C@H](OC(=O)c2ccccc2)[C@H]1OC(=O)c1ccccc1. The van der Waals surface area contributed by atoms with E-state index in [1.165, 1.54) is 92.0 Å². The molecule has 3 heterocycles. The van der Waals surface area contributed by atoms with E-state index in [-0.39, 0.29) is 58.8 Å². The minimum absolute atomic E-state index is 0.0521. The van der Waals surface area contributed by atoms with Gasteiger partial charge in [-0.2, -0.15) is 0 Å². The van der Waals surface area contributed by atoms with Gasteiger partial charge in [-0.05, 0) is 102 Å². The third kappa shape index (κ3) is 20.6. The first-order chi connectivity index (χ1) is 54.9. The molecule has 0 bridgehead atoms. The summed E-state index contributed by atoms with van der Waals surface area (Å²) in [4.78, 5) is 102. The van der Waals surface area contributed by atoms with Gasteiger partial charge in [-0.25, -0.2) is 33.6 Å². The molecule has 0 aliphatic carbocycles. The minimum Gasteiger partial charge on any atom is -0.459 e. The van der Waals surface area contributed by atoms with E-state index in [0.717, 1.165) is 16.7 Å². The van der Waals surface area contributed by atoms with Crippen molar-refractivity contribution in [1.29, 1.82) is 0 Å². The second kappa shape index (κ2) is 39.2. The summed E-state index contributed by atoms with van der Waals surface area (Å²) in [5.41, 5.74) is 2.85. The van der Waals surface area contributed by atoms with Crippen LogP contribution in [0.2, 0.25) is 0 Å². The molecule has 0 radical (unpaired) electrons. The molecule has 3 fully saturated rings. The van der Waals surface area contributed by atoms with Gasteiger partial charge in [0.15, 0.2) is 55.5 Å². The van der Waals surface area contributed by atoms with Crippen LogP contribution >= 0.6 is 0 Å². The highest BCUT2D eigenvalue weighted by Gasteiger charge is 2.57. The summed E-state index contributed by atoms with van der Waals surface area (Å²) in [5, 5.41) is 0. The Morgan fingerprint density at radius 2 is 0.464 bits per heavy atom. The van der Waals surface area contributed by atoms with E-state index in [2.05, 4.69) is 0 Å². The molecule has 15 atom stereocenters. The van der Waals surface area contributed by atoms with Gasteiger partial charge in [0.25, 0.3) is 0 Å². The highest BCUT2D eigenvalue weighted by atomic mass is 16.8. The average molecular weight is 1520 g/mol. The number of hydrogen-bond donors (Lipinski definition) is 0. The first-order valence-electron chi connectivity index (χ1n) is 36.4. The van der Waals surface area contributed by atoms with Crippen molar-refractivity contribution in [2.24, 2.45) is 0 Å². The summed E-state index contributed by atoms with van der Waals surface area (Å²) in [6, 6.07) is 83.9. The molecule has 0 amide bonds. The van der Waals surface area contributed by atoms with Gasteiger partial charge in [-0.1, -0.05) is 218 Å². The molecule has 3 saturated heterocycles. The van der Waals surface area contributed by atoms with Crippen LogP contribution in [0.25, 0.3) is 0 Å². The quantitative estimate of drug-likeness (QED) is 0.0288. The van der Waals surface area contributed by atoms with Crippen LogP contribution in [0.1, 0.15) is 89.2 Å². The van der Waals surface area contributed by atoms with Crippen molar-refractivity contribution < 1.29 is 109 Å². The molecule has 10 aromatic carbocycles. The Morgan fingerprint density at radius 3 is 0.786 bits per heavy atom. The normalized spacial score (nSPS) is 23.3. The van der Waals surface area contributed by atoms with Crippen molar-refractivity contribution in [3.05, 3.63) is 359 Å². The Kier molecular flexibility index (Phi) is 27.4. The lowest BCUT2D eigenvalue weighted by Gasteiger charge is -2.48. The van der Waals surface area contributed by atoms with E-state index < -0.39 is 154 Å². The number of carbonyl (C=O) groups excluding carboxylic acids is 7. The summed E-state index contributed by atoms with van der Waals surface area (Å²) in [6.45, 7) is -2.08. The molecule has 0 N–H and O–H groups in total. The summed E-state index contributed by atoms with van der Waals surface area (Å²) in [5.74, 6) is -6.25. The van der Waals surface area contributed by atoms with E-state index in [1.807, 2.05) is 91.0 Å². The van der Waals surface area contributed by atoms with Crippen LogP contribution in [0.15, 0.2) is 303 Å². The maximum Gasteiger partial charge on any atom is 0.338 e. The van der Waals surface area contributed by atoms with E-state index in [0.29, 0.717) is 0 Å². The number of esters is 7. The molecule has 0 spiro atoms. The van der Waals surface area contributed by atoms with Crippen LogP contribution in [0.5, 0.6) is 0 Å². The standard InChI is InChI=1S/C89H80O23/c1-97-87-78(111-85(95)66-48-28-10-29-49-66)75(109-83(93)64-44-24-8-25-45-64)73(108-82(92)63-42-22-7-23-43-63)70(104-87)57-102-88-77(100-54-60-36-16-4-17-37-60)74(99-53-59-34-14-3-15-35-59)71(98-52-58-32-12-2-13-33-58)68(105-88)56-103-89-79(112-86(96)67-50-30-11-31-51-67)76(110-84(94)65-46-26-9-27-47-65)72(107-81(91)62-40-20-6-21-41-62)69(106-89)55-101-80(90)61-38-18-5-19-39-61/h2-51,68-79,87-89H,52-57H2,1H3/t68-,69-,70-,71-,72-,73-,74+,75+,76+,77+,78-,79-,87+,88+,89-/m1/s1. The Labute approximate surface area is 645 Å². The van der Waals surface area contributed by atoms with Gasteiger partial charge in [-0.15, -0.1) is 0 Å². The van der Waals surface area contributed by atoms with E-state index in [4.69, 9.17) is 75.8 Å². The van der Waals surface area contributed by atoms with Gasteiger partial charge >= 0.3 is 41.8 Å². The van der Waals surface area contributed by atoms with Gasteiger partial charge < -0.3 is 75.8 Å². The van der Waals surface area contributed by atoms with Crippen LogP contribution in [-0.4, -0.2) is 161 Å². The van der Waals surface area contributed by atoms with Gasteiger partial charge in [-0.3, -0.25) is 0 Å². The number of hydrogen-bond acceptors (Lipinski definition) is 23. The first-order valence-corrected chi connectivity index (χ1v) is 36.4. The Balaban J connectivity index is 0.917.